The first kappa shape index (κ1) is 16.2. The van der Waals surface area contributed by atoms with Crippen molar-refractivity contribution >= 4 is 0 Å². The molecule has 0 amide bonds. The van der Waals surface area contributed by atoms with Gasteiger partial charge >= 0.3 is 0 Å². The van der Waals surface area contributed by atoms with Crippen molar-refractivity contribution < 1.29 is 4.74 Å². The second kappa shape index (κ2) is 8.33. The van der Waals surface area contributed by atoms with E-state index in [1.54, 1.807) is 7.11 Å². The molecule has 0 radical (unpaired) electrons. The van der Waals surface area contributed by atoms with Crippen LogP contribution in [0.15, 0.2) is 12.4 Å². The lowest BCUT2D eigenvalue weighted by Gasteiger charge is -2.29. The monoisotopic (exact) mass is 267 g/mol. The minimum absolute atomic E-state index is 0.342. The Kier molecular flexibility index (Phi) is 7.10. The maximum atomic E-state index is 5.08. The minimum atomic E-state index is 0.342. The fraction of sp³-hybridized carbons (Fsp3) is 0.800. The van der Waals surface area contributed by atoms with Gasteiger partial charge < -0.3 is 14.6 Å². The molecule has 1 rings (SSSR count). The van der Waals surface area contributed by atoms with E-state index in [1.165, 1.54) is 25.1 Å². The zero-order valence-electron chi connectivity index (χ0n) is 12.9. The predicted molar refractivity (Wildman–Crippen MR) is 79.3 cm³/mol. The number of imidazole rings is 1. The molecular weight excluding hydrogens is 238 g/mol. The second-order valence-electron chi connectivity index (χ2n) is 5.68. The summed E-state index contributed by atoms with van der Waals surface area (Å²) in [5.41, 5.74) is 0.342. The van der Waals surface area contributed by atoms with Crippen LogP contribution in [-0.2, 0) is 18.2 Å². The molecule has 1 atom stereocenters. The van der Waals surface area contributed by atoms with E-state index in [1.807, 2.05) is 12.4 Å². The van der Waals surface area contributed by atoms with Crippen molar-refractivity contribution in [1.29, 1.82) is 0 Å². The summed E-state index contributed by atoms with van der Waals surface area (Å²) in [5.74, 6) is 1.18. The SMILES string of the molecule is CCCC(C)(CCc1nccn1C)CNCCOC. The number of aryl methyl sites for hydroxylation is 2. The average Bonchev–Trinajstić information content (AvgIpc) is 2.79. The number of nitrogens with one attached hydrogen (secondary N) is 1. The molecule has 0 aliphatic carbocycles. The number of methoxy groups -OCH3 is 1. The third-order valence-corrected chi connectivity index (χ3v) is 3.76. The van der Waals surface area contributed by atoms with E-state index in [9.17, 15) is 0 Å². The second-order valence-corrected chi connectivity index (χ2v) is 5.68. The molecule has 19 heavy (non-hydrogen) atoms. The molecule has 1 unspecified atom stereocenters. The van der Waals surface area contributed by atoms with E-state index < -0.39 is 0 Å². The highest BCUT2D eigenvalue weighted by atomic mass is 16.5. The fourth-order valence-corrected chi connectivity index (χ4v) is 2.52. The highest BCUT2D eigenvalue weighted by Gasteiger charge is 2.23. The highest BCUT2D eigenvalue weighted by molar-refractivity contribution is 4.93. The van der Waals surface area contributed by atoms with Gasteiger partial charge in [0.2, 0.25) is 0 Å². The lowest BCUT2D eigenvalue weighted by Crippen LogP contribution is -2.34. The van der Waals surface area contributed by atoms with Gasteiger partial charge in [-0.05, 0) is 18.3 Å². The van der Waals surface area contributed by atoms with Crippen LogP contribution in [0, 0.1) is 5.41 Å². The molecule has 110 valence electrons. The van der Waals surface area contributed by atoms with Crippen LogP contribution < -0.4 is 5.32 Å². The topological polar surface area (TPSA) is 39.1 Å². The summed E-state index contributed by atoms with van der Waals surface area (Å²) < 4.78 is 7.19. The zero-order valence-corrected chi connectivity index (χ0v) is 12.9. The Hall–Kier alpha value is -0.870. The van der Waals surface area contributed by atoms with Gasteiger partial charge in [-0.1, -0.05) is 20.3 Å². The van der Waals surface area contributed by atoms with Gasteiger partial charge in [0, 0.05) is 46.1 Å². The molecule has 0 spiro atoms. The van der Waals surface area contributed by atoms with Crippen LogP contribution in [0.4, 0.5) is 0 Å². The molecule has 4 nitrogen and oxygen atoms in total. The molecule has 4 heteroatoms. The Labute approximate surface area is 117 Å². The van der Waals surface area contributed by atoms with E-state index >= 15 is 0 Å². The maximum Gasteiger partial charge on any atom is 0.108 e. The molecular formula is C15H29N3O. The molecule has 1 heterocycles. The Balaban J connectivity index is 2.43. The average molecular weight is 267 g/mol. The van der Waals surface area contributed by atoms with Crippen LogP contribution in [-0.4, -0.2) is 36.4 Å². The molecule has 0 fully saturated rings. The number of rotatable bonds is 10. The van der Waals surface area contributed by atoms with Crippen molar-refractivity contribution in [3.63, 3.8) is 0 Å². The van der Waals surface area contributed by atoms with Gasteiger partial charge in [0.15, 0.2) is 0 Å². The predicted octanol–water partition coefficient (Wildman–Crippen LogP) is 2.40. The Morgan fingerprint density at radius 3 is 2.79 bits per heavy atom. The summed E-state index contributed by atoms with van der Waals surface area (Å²) in [4.78, 5) is 4.41. The van der Waals surface area contributed by atoms with Crippen molar-refractivity contribution in [2.75, 3.05) is 26.8 Å². The van der Waals surface area contributed by atoms with Crippen molar-refractivity contribution in [1.82, 2.24) is 14.9 Å². The summed E-state index contributed by atoms with van der Waals surface area (Å²) in [6.07, 6.45) is 8.59. The highest BCUT2D eigenvalue weighted by Crippen LogP contribution is 2.28. The summed E-state index contributed by atoms with van der Waals surface area (Å²) in [5, 5.41) is 3.50. The lowest BCUT2D eigenvalue weighted by molar-refractivity contribution is 0.187. The van der Waals surface area contributed by atoms with Crippen LogP contribution >= 0.6 is 0 Å². The van der Waals surface area contributed by atoms with E-state index in [0.29, 0.717) is 5.41 Å². The number of nitrogens with zero attached hydrogens (tertiary/aromatic N) is 2. The van der Waals surface area contributed by atoms with Crippen LogP contribution in [0.25, 0.3) is 0 Å². The molecule has 1 aromatic rings. The Bertz CT molecular complexity index is 351. The van der Waals surface area contributed by atoms with Gasteiger partial charge in [-0.15, -0.1) is 0 Å². The standard InChI is InChI=1S/C15H29N3O/c1-5-7-15(2,13-16-10-12-19-4)8-6-14-17-9-11-18(14)3/h9,11,16H,5-8,10,12-13H2,1-4H3. The van der Waals surface area contributed by atoms with Crippen LogP contribution in [0.1, 0.15) is 38.9 Å². The van der Waals surface area contributed by atoms with Crippen LogP contribution in [0.2, 0.25) is 0 Å². The van der Waals surface area contributed by atoms with E-state index in [4.69, 9.17) is 4.74 Å². The Morgan fingerprint density at radius 1 is 1.42 bits per heavy atom. The first-order chi connectivity index (χ1) is 9.11. The van der Waals surface area contributed by atoms with Crippen LogP contribution in [0.3, 0.4) is 0 Å². The minimum Gasteiger partial charge on any atom is -0.383 e. The van der Waals surface area contributed by atoms with E-state index in [-0.39, 0.29) is 0 Å². The van der Waals surface area contributed by atoms with Gasteiger partial charge in [-0.2, -0.15) is 0 Å². The quantitative estimate of drug-likeness (QED) is 0.662. The molecule has 1 aromatic heterocycles. The smallest absolute Gasteiger partial charge is 0.108 e. The van der Waals surface area contributed by atoms with Crippen molar-refractivity contribution in [3.8, 4) is 0 Å². The van der Waals surface area contributed by atoms with Gasteiger partial charge in [0.25, 0.3) is 0 Å². The summed E-state index contributed by atoms with van der Waals surface area (Å²) in [6, 6.07) is 0. The van der Waals surface area contributed by atoms with E-state index in [2.05, 4.69) is 35.8 Å². The zero-order chi connectivity index (χ0) is 14.1. The van der Waals surface area contributed by atoms with Gasteiger partial charge in [0.05, 0.1) is 6.61 Å². The lowest BCUT2D eigenvalue weighted by atomic mass is 9.81. The number of ether oxygens (including phenoxy) is 1. The molecule has 0 bridgehead atoms. The fourth-order valence-electron chi connectivity index (χ4n) is 2.52. The molecule has 0 aliphatic rings. The van der Waals surface area contributed by atoms with Crippen molar-refractivity contribution in [2.45, 2.75) is 39.5 Å². The first-order valence-electron chi connectivity index (χ1n) is 7.27. The van der Waals surface area contributed by atoms with Crippen molar-refractivity contribution in [2.24, 2.45) is 12.5 Å². The summed E-state index contributed by atoms with van der Waals surface area (Å²) in [6.45, 7) is 7.39. The maximum absolute atomic E-state index is 5.08. The van der Waals surface area contributed by atoms with Crippen LogP contribution in [0.5, 0.6) is 0 Å². The van der Waals surface area contributed by atoms with Gasteiger partial charge in [0.1, 0.15) is 5.82 Å². The molecule has 1 N–H and O–H groups in total. The Morgan fingerprint density at radius 2 is 2.21 bits per heavy atom. The number of aromatic nitrogens is 2. The molecule has 0 saturated heterocycles. The molecule has 0 aliphatic heterocycles. The first-order valence-corrected chi connectivity index (χ1v) is 7.27. The third kappa shape index (κ3) is 5.74. The number of hydrogen-bond acceptors (Lipinski definition) is 3. The normalized spacial score (nSPS) is 14.5. The molecule has 0 saturated carbocycles. The largest absolute Gasteiger partial charge is 0.383 e. The number of hydrogen-bond donors (Lipinski definition) is 1. The van der Waals surface area contributed by atoms with Gasteiger partial charge in [-0.25, -0.2) is 4.98 Å². The van der Waals surface area contributed by atoms with E-state index in [0.717, 1.165) is 26.1 Å². The third-order valence-electron chi connectivity index (χ3n) is 3.76. The summed E-state index contributed by atoms with van der Waals surface area (Å²) >= 11 is 0. The van der Waals surface area contributed by atoms with Crippen molar-refractivity contribution in [3.05, 3.63) is 18.2 Å². The molecule has 0 aromatic carbocycles. The summed E-state index contributed by atoms with van der Waals surface area (Å²) in [7, 11) is 3.81. The van der Waals surface area contributed by atoms with Gasteiger partial charge in [-0.3, -0.25) is 0 Å².